The van der Waals surface area contributed by atoms with Gasteiger partial charge in [-0.15, -0.1) is 11.6 Å². The molecule has 0 radical (unpaired) electrons. The van der Waals surface area contributed by atoms with Gasteiger partial charge in [0.1, 0.15) is 0 Å². The fourth-order valence-electron chi connectivity index (χ4n) is 2.57. The standard InChI is InChI=1S/C14H20ClFO5/c1-7(2)10(17)20-12-13(6-15)14(12,9(16)5-19-13)21-11(18)8(3)4/h7-9,12H,5-6H2,1-4H3. The molecule has 0 bridgehead atoms. The Morgan fingerprint density at radius 1 is 1.29 bits per heavy atom. The van der Waals surface area contributed by atoms with Crippen LogP contribution in [0.2, 0.25) is 0 Å². The van der Waals surface area contributed by atoms with Crippen molar-refractivity contribution in [3.63, 3.8) is 0 Å². The van der Waals surface area contributed by atoms with Gasteiger partial charge in [-0.25, -0.2) is 4.39 Å². The van der Waals surface area contributed by atoms with Gasteiger partial charge in [-0.2, -0.15) is 0 Å². The Bertz CT molecular complexity index is 455. The second-order valence-corrected chi connectivity index (χ2v) is 6.41. The third kappa shape index (κ3) is 2.23. The highest BCUT2D eigenvalue weighted by atomic mass is 35.5. The Kier molecular flexibility index (Phi) is 4.23. The van der Waals surface area contributed by atoms with Crippen molar-refractivity contribution in [3.8, 4) is 0 Å². The molecular weight excluding hydrogens is 303 g/mol. The van der Waals surface area contributed by atoms with Crippen molar-refractivity contribution in [3.05, 3.63) is 0 Å². The van der Waals surface area contributed by atoms with Crippen LogP contribution >= 0.6 is 11.6 Å². The molecule has 21 heavy (non-hydrogen) atoms. The zero-order valence-corrected chi connectivity index (χ0v) is 13.3. The lowest BCUT2D eigenvalue weighted by atomic mass is 10.1. The smallest absolute Gasteiger partial charge is 0.309 e. The summed E-state index contributed by atoms with van der Waals surface area (Å²) in [5.74, 6) is -2.00. The number of hydrogen-bond acceptors (Lipinski definition) is 5. The van der Waals surface area contributed by atoms with Gasteiger partial charge in [-0.1, -0.05) is 27.7 Å². The lowest BCUT2D eigenvalue weighted by Crippen LogP contribution is -2.38. The number of carbonyl (C=O) groups excluding carboxylic acids is 2. The van der Waals surface area contributed by atoms with Crippen LogP contribution in [0.25, 0.3) is 0 Å². The summed E-state index contributed by atoms with van der Waals surface area (Å²) in [5.41, 5.74) is -2.89. The molecule has 0 aromatic rings. The summed E-state index contributed by atoms with van der Waals surface area (Å²) in [4.78, 5) is 23.6. The number of carbonyl (C=O) groups is 2. The van der Waals surface area contributed by atoms with Gasteiger partial charge in [-0.05, 0) is 0 Å². The van der Waals surface area contributed by atoms with Crippen LogP contribution in [0.4, 0.5) is 4.39 Å². The quantitative estimate of drug-likeness (QED) is 0.571. The molecule has 1 aliphatic carbocycles. The number of esters is 2. The Morgan fingerprint density at radius 3 is 2.33 bits per heavy atom. The van der Waals surface area contributed by atoms with Gasteiger partial charge in [0.2, 0.25) is 5.60 Å². The van der Waals surface area contributed by atoms with Crippen molar-refractivity contribution >= 4 is 23.5 Å². The van der Waals surface area contributed by atoms with Crippen LogP contribution in [0.1, 0.15) is 27.7 Å². The van der Waals surface area contributed by atoms with E-state index in [0.717, 1.165) is 0 Å². The van der Waals surface area contributed by atoms with Gasteiger partial charge in [0.15, 0.2) is 17.9 Å². The first-order chi connectivity index (χ1) is 9.72. The van der Waals surface area contributed by atoms with E-state index in [0.29, 0.717) is 0 Å². The SMILES string of the molecule is CC(C)C(=O)OC1C2(CCl)OCC(F)C12OC(=O)C(C)C. The first kappa shape index (κ1) is 16.5. The molecule has 7 heteroatoms. The topological polar surface area (TPSA) is 61.8 Å². The second-order valence-electron chi connectivity index (χ2n) is 6.14. The average Bonchev–Trinajstić information content (AvgIpc) is 2.84. The van der Waals surface area contributed by atoms with Crippen LogP contribution < -0.4 is 0 Å². The zero-order valence-electron chi connectivity index (χ0n) is 12.5. The van der Waals surface area contributed by atoms with Crippen molar-refractivity contribution in [2.24, 2.45) is 11.8 Å². The number of alkyl halides is 2. The van der Waals surface area contributed by atoms with Crippen LogP contribution in [-0.4, -0.2) is 47.9 Å². The van der Waals surface area contributed by atoms with E-state index in [1.807, 2.05) is 0 Å². The van der Waals surface area contributed by atoms with Crippen molar-refractivity contribution in [2.75, 3.05) is 12.5 Å². The molecule has 1 aliphatic heterocycles. The summed E-state index contributed by atoms with van der Waals surface area (Å²) >= 11 is 5.89. The Hall–Kier alpha value is -0.880. The molecule has 1 heterocycles. The Labute approximate surface area is 128 Å². The Balaban J connectivity index is 2.25. The van der Waals surface area contributed by atoms with E-state index < -0.39 is 41.3 Å². The van der Waals surface area contributed by atoms with Crippen molar-refractivity contribution in [1.82, 2.24) is 0 Å². The van der Waals surface area contributed by atoms with E-state index in [4.69, 9.17) is 25.8 Å². The van der Waals surface area contributed by atoms with E-state index in [9.17, 15) is 14.0 Å². The fraction of sp³-hybridized carbons (Fsp3) is 0.857. The summed E-state index contributed by atoms with van der Waals surface area (Å²) in [6.07, 6.45) is -2.56. The van der Waals surface area contributed by atoms with Crippen molar-refractivity contribution in [1.29, 1.82) is 0 Å². The molecule has 5 nitrogen and oxygen atoms in total. The lowest BCUT2D eigenvalue weighted by molar-refractivity contribution is -0.168. The number of fused-ring (bicyclic) bond motifs is 1. The number of ether oxygens (including phenoxy) is 3. The fourth-order valence-corrected chi connectivity index (χ4v) is 2.99. The molecule has 2 aliphatic rings. The molecule has 0 amide bonds. The molecule has 1 saturated carbocycles. The van der Waals surface area contributed by atoms with E-state index in [1.165, 1.54) is 0 Å². The van der Waals surface area contributed by atoms with Gasteiger partial charge < -0.3 is 14.2 Å². The van der Waals surface area contributed by atoms with Crippen LogP contribution in [0.3, 0.4) is 0 Å². The molecule has 2 fully saturated rings. The summed E-state index contributed by atoms with van der Waals surface area (Å²) in [7, 11) is 0. The minimum atomic E-state index is -1.61. The zero-order chi connectivity index (χ0) is 16.0. The van der Waals surface area contributed by atoms with E-state index >= 15 is 0 Å². The highest BCUT2D eigenvalue weighted by molar-refractivity contribution is 6.19. The van der Waals surface area contributed by atoms with Crippen LogP contribution in [0.5, 0.6) is 0 Å². The van der Waals surface area contributed by atoms with Crippen molar-refractivity contribution in [2.45, 2.75) is 51.2 Å². The summed E-state index contributed by atoms with van der Waals surface area (Å²) in [6, 6.07) is 0. The molecule has 4 atom stereocenters. The maximum Gasteiger partial charge on any atom is 0.309 e. The van der Waals surface area contributed by atoms with Crippen LogP contribution in [0, 0.1) is 11.8 Å². The highest BCUT2D eigenvalue weighted by Gasteiger charge is 2.91. The average molecular weight is 323 g/mol. The largest absolute Gasteiger partial charge is 0.454 e. The molecule has 0 spiro atoms. The summed E-state index contributed by atoms with van der Waals surface area (Å²) in [6.45, 7) is 6.38. The first-order valence-electron chi connectivity index (χ1n) is 7.00. The van der Waals surface area contributed by atoms with Gasteiger partial charge in [0.05, 0.1) is 24.3 Å². The molecule has 0 aromatic carbocycles. The molecule has 4 unspecified atom stereocenters. The van der Waals surface area contributed by atoms with Crippen molar-refractivity contribution < 1.29 is 28.2 Å². The second kappa shape index (κ2) is 5.39. The maximum absolute atomic E-state index is 14.3. The third-order valence-electron chi connectivity index (χ3n) is 3.99. The molecule has 2 rings (SSSR count). The number of hydrogen-bond donors (Lipinski definition) is 0. The minimum absolute atomic E-state index is 0.116. The number of rotatable bonds is 5. The molecule has 120 valence electrons. The molecular formula is C14H20ClFO5. The summed E-state index contributed by atoms with van der Waals surface area (Å²) < 4.78 is 30.3. The molecule has 0 N–H and O–H groups in total. The van der Waals surface area contributed by atoms with Gasteiger partial charge in [0, 0.05) is 0 Å². The number of halogens is 2. The van der Waals surface area contributed by atoms with Crippen LogP contribution in [-0.2, 0) is 23.8 Å². The van der Waals surface area contributed by atoms with E-state index in [-0.39, 0.29) is 18.4 Å². The van der Waals surface area contributed by atoms with Gasteiger partial charge in [-0.3, -0.25) is 9.59 Å². The monoisotopic (exact) mass is 322 g/mol. The van der Waals surface area contributed by atoms with E-state index in [2.05, 4.69) is 0 Å². The summed E-state index contributed by atoms with van der Waals surface area (Å²) in [5, 5.41) is 0. The molecule has 1 saturated heterocycles. The van der Waals surface area contributed by atoms with E-state index in [1.54, 1.807) is 27.7 Å². The first-order valence-corrected chi connectivity index (χ1v) is 7.53. The van der Waals surface area contributed by atoms with Crippen LogP contribution in [0.15, 0.2) is 0 Å². The van der Waals surface area contributed by atoms with Gasteiger partial charge in [0.25, 0.3) is 0 Å². The predicted molar refractivity (Wildman–Crippen MR) is 72.7 cm³/mol. The highest BCUT2D eigenvalue weighted by Crippen LogP contribution is 2.63. The molecule has 0 aromatic heterocycles. The Morgan fingerprint density at radius 2 is 1.86 bits per heavy atom. The van der Waals surface area contributed by atoms with Gasteiger partial charge >= 0.3 is 11.9 Å². The maximum atomic E-state index is 14.3. The lowest BCUT2D eigenvalue weighted by Gasteiger charge is -2.20. The third-order valence-corrected chi connectivity index (χ3v) is 4.39. The minimum Gasteiger partial charge on any atom is -0.454 e. The normalized spacial score (nSPS) is 37.5. The predicted octanol–water partition coefficient (Wildman–Crippen LogP) is 1.85.